The van der Waals surface area contributed by atoms with E-state index >= 15 is 0 Å². The Labute approximate surface area is 714 Å². The van der Waals surface area contributed by atoms with E-state index in [2.05, 4.69) is 216 Å². The van der Waals surface area contributed by atoms with E-state index in [1.807, 2.05) is 135 Å². The molecule has 0 radical (unpaired) electrons. The number of carbonyl (C=O) groups excluding carboxylic acids is 2. The molecule has 10 rings (SSSR count). The Morgan fingerprint density at radius 2 is 0.721 bits per heavy atom. The first-order valence-corrected chi connectivity index (χ1v) is 41.2. The first-order chi connectivity index (χ1) is 57.4. The van der Waals surface area contributed by atoms with Crippen LogP contribution in [0.15, 0.2) is 73.8 Å². The lowest BCUT2D eigenvalue weighted by Gasteiger charge is -2.09. The Bertz CT molecular complexity index is 5970. The highest BCUT2D eigenvalue weighted by Gasteiger charge is 2.20. The molecule has 1 amide bonds. The van der Waals surface area contributed by atoms with Gasteiger partial charge in [-0.3, -0.25) is 48.1 Å². The van der Waals surface area contributed by atoms with Gasteiger partial charge < -0.3 is 68.2 Å². The van der Waals surface area contributed by atoms with Gasteiger partial charge in [0.2, 0.25) is 17.8 Å². The van der Waals surface area contributed by atoms with E-state index in [1.165, 1.54) is 28.0 Å². The number of nitrogens with zero attached hydrogens (tertiary/aromatic N) is 13. The normalized spacial score (nSPS) is 10.9. The molecule has 0 saturated carbocycles. The van der Waals surface area contributed by atoms with Crippen LogP contribution in [-0.2, 0) is 9.59 Å². The van der Waals surface area contributed by atoms with Gasteiger partial charge in [-0.15, -0.1) is 0 Å². The summed E-state index contributed by atoms with van der Waals surface area (Å²) in [5.41, 5.74) is 33.8. The molecule has 17 N–H and O–H groups in total. The lowest BCUT2D eigenvalue weighted by molar-refractivity contribution is -0.124. The third kappa shape index (κ3) is 29.8. The molecule has 0 spiro atoms. The van der Waals surface area contributed by atoms with Crippen molar-refractivity contribution in [1.29, 1.82) is 0 Å². The van der Waals surface area contributed by atoms with E-state index in [0.717, 1.165) is 51.6 Å². The summed E-state index contributed by atoms with van der Waals surface area (Å²) in [5.74, 6) is 38.1. The zero-order chi connectivity index (χ0) is 91.1. The van der Waals surface area contributed by atoms with Crippen LogP contribution in [0.5, 0.6) is 0 Å². The molecule has 0 saturated heterocycles. The standard InChI is InChI=1S/C17H22N4O2.C16H21N5O.C16H22N4O.C15H21N5.C13H20N4O.C13H19N3O2/c1-10(2)13(22)8-6-5-7-12-9-21(11(3)4)15-14(12)16(23)20-17(18)19-15;1-10(2)16(22)18-7-5-6-12-8-21(11(3)4)15-13(12)14(17)19-9-20-15;1-10(2)7-5-6-8-12-9-20(11(3)4)14-13(12)15(21)19-16(17)18-14;1-10(2)17-7-5-6-12-8-20(11(3)4)15-13(12)14(16)18-9-19-15;1-9(2)15-7-5-6-11-8-17(10(3)4)13(18)16-12(11)14;1-9(2)14-7-5-6-11-8-16(10(3)4)13(18)15-12(11)17/h9-11H,6,8H2,1-4H3,(H3,18,19,20,23);8-11H,7H2,1-4H3,(H,18,22)(H2,17,19,20);9-11H,5,7H2,1-4H3,(H3,17,18,19,21);8-11,17H,7H2,1-4H3,(H2,16,18,19);8-10,15H,7H2,1-4H3,(H2,14,16,18);8-10,14H,7H2,1-4H3,(H,15,17,18). The summed E-state index contributed by atoms with van der Waals surface area (Å²) in [6.45, 7) is 50.2. The van der Waals surface area contributed by atoms with Gasteiger partial charge in [0.1, 0.15) is 52.7 Å². The number of rotatable bonds is 19. The average Bonchev–Trinajstić information content (AvgIpc) is 1.65. The summed E-state index contributed by atoms with van der Waals surface area (Å²) < 4.78 is 10.9. The van der Waals surface area contributed by atoms with Gasteiger partial charge in [-0.2, -0.15) is 15.0 Å². The van der Waals surface area contributed by atoms with Crippen LogP contribution in [0.25, 0.3) is 44.1 Å². The summed E-state index contributed by atoms with van der Waals surface area (Å²) in [6, 6.07) is 2.06. The number of nitrogen functional groups attached to an aromatic ring is 5. The number of Topliss-reactive ketones (excluding diaryl/α,β-unsaturated/α-hetero) is 1. The van der Waals surface area contributed by atoms with Crippen molar-refractivity contribution >= 4 is 85.2 Å². The van der Waals surface area contributed by atoms with Gasteiger partial charge >= 0.3 is 11.4 Å². The van der Waals surface area contributed by atoms with Crippen molar-refractivity contribution in [1.82, 2.24) is 98.5 Å². The molecule has 0 unspecified atom stereocenters. The number of nitrogens with one attached hydrogen (secondary N) is 7. The predicted molar refractivity (Wildman–Crippen MR) is 492 cm³/mol. The molecule has 10 aromatic heterocycles. The van der Waals surface area contributed by atoms with Crippen molar-refractivity contribution in [3.05, 3.63) is 135 Å². The molecule has 652 valence electrons. The van der Waals surface area contributed by atoms with Crippen LogP contribution in [0.4, 0.5) is 29.4 Å². The smallest absolute Gasteiger partial charge is 0.349 e. The minimum atomic E-state index is -0.436. The van der Waals surface area contributed by atoms with Gasteiger partial charge in [-0.05, 0) is 137 Å². The fraction of sp³-hybridized carbons (Fsp3) is 0.489. The number of ketones is 1. The summed E-state index contributed by atoms with van der Waals surface area (Å²) in [4.78, 5) is 118. The molecule has 10 aromatic rings. The molecular formula is C90H125N25O7. The molecular weight excluding hydrogens is 1540 g/mol. The zero-order valence-corrected chi connectivity index (χ0v) is 75.3. The first-order valence-electron chi connectivity index (χ1n) is 41.2. The van der Waals surface area contributed by atoms with Gasteiger partial charge in [-0.25, -0.2) is 29.5 Å². The highest BCUT2D eigenvalue weighted by atomic mass is 16.2. The highest BCUT2D eigenvalue weighted by molar-refractivity contribution is 5.93. The van der Waals surface area contributed by atoms with E-state index in [-0.39, 0.29) is 88.3 Å². The van der Waals surface area contributed by atoms with Crippen LogP contribution in [0.1, 0.15) is 261 Å². The summed E-state index contributed by atoms with van der Waals surface area (Å²) in [5, 5.41) is 14.9. The fourth-order valence-corrected chi connectivity index (χ4v) is 11.2. The van der Waals surface area contributed by atoms with E-state index in [9.17, 15) is 33.6 Å². The molecule has 32 nitrogen and oxygen atoms in total. The van der Waals surface area contributed by atoms with Crippen molar-refractivity contribution in [2.24, 2.45) is 17.8 Å². The molecule has 0 aromatic carbocycles. The number of fused-ring (bicyclic) bond motifs is 4. The highest BCUT2D eigenvalue weighted by Crippen LogP contribution is 2.28. The summed E-state index contributed by atoms with van der Waals surface area (Å²) in [7, 11) is 0. The Kier molecular flexibility index (Phi) is 39.0. The lowest BCUT2D eigenvalue weighted by Crippen LogP contribution is -2.32. The average molecular weight is 1670 g/mol. The van der Waals surface area contributed by atoms with Crippen LogP contribution in [-0.4, -0.2) is 133 Å². The maximum Gasteiger partial charge on any atom is 0.349 e. The number of hydrogen-bond donors (Lipinski definition) is 12. The molecule has 0 fully saturated rings. The van der Waals surface area contributed by atoms with E-state index in [4.69, 9.17) is 28.7 Å². The number of carbonyl (C=O) groups is 2. The number of hydrogen-bond acceptors (Lipinski definition) is 22. The second-order valence-corrected chi connectivity index (χ2v) is 32.4. The second kappa shape index (κ2) is 47.7. The minimum absolute atomic E-state index is 0.0105. The first kappa shape index (κ1) is 99.6. The molecule has 0 aliphatic carbocycles. The van der Waals surface area contributed by atoms with Crippen molar-refractivity contribution in [2.75, 3.05) is 54.8 Å². The quantitative estimate of drug-likeness (QED) is 0.0335. The van der Waals surface area contributed by atoms with Gasteiger partial charge in [0, 0.05) is 123 Å². The maximum atomic E-state index is 12.2. The van der Waals surface area contributed by atoms with Gasteiger partial charge in [0.05, 0.1) is 75.5 Å². The second-order valence-electron chi connectivity index (χ2n) is 32.4. The molecule has 0 aliphatic heterocycles. The van der Waals surface area contributed by atoms with Crippen LogP contribution in [0.2, 0.25) is 0 Å². The SMILES string of the molecule is CC(C)C(=O)CCC#Cc1cn(C(C)C)c2nc(N)[nH]c(=O)c12.CC(C)C(=O)NCC#Cc1cn(C(C)C)c2ncnc(N)c12.CC(C)CCC#Cc1cn(C(C)C)c2nc(N)[nH]c(=O)c12.CC(C)NCC#Cc1cn(C(C)C)c(=O)[nH]c1=O.CC(C)NCC#Cc1cn(C(C)C)c(=O)nc1N.CC(C)NCC#Cc1cn(C(C)C)c2ncnc(N)c12. The molecule has 0 aliphatic rings. The number of anilines is 5. The van der Waals surface area contributed by atoms with Crippen molar-refractivity contribution in [3.8, 4) is 71.0 Å². The van der Waals surface area contributed by atoms with Crippen molar-refractivity contribution in [3.63, 3.8) is 0 Å². The largest absolute Gasteiger partial charge is 0.383 e. The van der Waals surface area contributed by atoms with Crippen molar-refractivity contribution in [2.45, 2.75) is 246 Å². The third-order valence-corrected chi connectivity index (χ3v) is 18.0. The topological polar surface area (TPSA) is 465 Å². The van der Waals surface area contributed by atoms with Gasteiger partial charge in [-0.1, -0.05) is 113 Å². The Morgan fingerprint density at radius 3 is 1.11 bits per heavy atom. The number of amides is 1. The molecule has 0 atom stereocenters. The molecule has 32 heteroatoms. The number of aromatic amines is 3. The zero-order valence-electron chi connectivity index (χ0n) is 75.3. The minimum Gasteiger partial charge on any atom is -0.383 e. The number of nitrogens with two attached hydrogens (primary N) is 5. The Balaban J connectivity index is 0.000000261. The van der Waals surface area contributed by atoms with Crippen LogP contribution >= 0.6 is 0 Å². The predicted octanol–water partition coefficient (Wildman–Crippen LogP) is 9.80. The third-order valence-electron chi connectivity index (χ3n) is 18.0. The molecule has 0 bridgehead atoms. The molecule has 122 heavy (non-hydrogen) atoms. The van der Waals surface area contributed by atoms with Crippen LogP contribution in [0, 0.1) is 88.8 Å². The van der Waals surface area contributed by atoms with Crippen LogP contribution < -0.4 is 78.0 Å². The number of aromatic nitrogens is 16. The maximum absolute atomic E-state index is 12.2. The molecule has 10 heterocycles. The Hall–Kier alpha value is -13.0. The van der Waals surface area contributed by atoms with Crippen LogP contribution in [0.3, 0.4) is 0 Å². The van der Waals surface area contributed by atoms with Gasteiger partial charge in [0.15, 0.2) is 11.3 Å². The lowest BCUT2D eigenvalue weighted by atomic mass is 10.0. The van der Waals surface area contributed by atoms with Gasteiger partial charge in [0.25, 0.3) is 16.7 Å². The summed E-state index contributed by atoms with van der Waals surface area (Å²) in [6.07, 6.45) is 16.5. The fourth-order valence-electron chi connectivity index (χ4n) is 11.2. The van der Waals surface area contributed by atoms with E-state index in [0.29, 0.717) is 119 Å². The Morgan fingerprint density at radius 1 is 0.369 bits per heavy atom. The monoisotopic (exact) mass is 1670 g/mol. The summed E-state index contributed by atoms with van der Waals surface area (Å²) >= 11 is 0. The van der Waals surface area contributed by atoms with E-state index < -0.39 is 11.2 Å². The van der Waals surface area contributed by atoms with E-state index in [1.54, 1.807) is 6.20 Å². The van der Waals surface area contributed by atoms with Crippen molar-refractivity contribution < 1.29 is 9.59 Å². The number of H-pyrrole nitrogens is 3.